The minimum Gasteiger partial charge on any atom is -0.457 e. The average Bonchev–Trinajstić information content (AvgIpc) is 2.86. The SMILES string of the molecule is O=C(OCc1cncc(Br)c1)c1ccc([N+](=O)[O-])s1. The Kier molecular flexibility index (Phi) is 4.23. The van der Waals surface area contributed by atoms with Gasteiger partial charge in [0, 0.05) is 28.5 Å². The Bertz CT molecular complexity index is 629. The van der Waals surface area contributed by atoms with Gasteiger partial charge in [0.15, 0.2) is 0 Å². The van der Waals surface area contributed by atoms with Gasteiger partial charge in [-0.05, 0) is 28.1 Å². The molecular weight excluding hydrogens is 336 g/mol. The summed E-state index contributed by atoms with van der Waals surface area (Å²) in [6.45, 7) is 0.0664. The molecule has 19 heavy (non-hydrogen) atoms. The number of nitrogens with zero attached hydrogens (tertiary/aromatic N) is 2. The number of carbonyl (C=O) groups excluding carboxylic acids is 1. The fourth-order valence-electron chi connectivity index (χ4n) is 1.29. The summed E-state index contributed by atoms with van der Waals surface area (Å²) >= 11 is 4.05. The summed E-state index contributed by atoms with van der Waals surface area (Å²) in [7, 11) is 0. The molecule has 0 amide bonds. The Morgan fingerprint density at radius 1 is 1.47 bits per heavy atom. The van der Waals surface area contributed by atoms with Gasteiger partial charge in [0.25, 0.3) is 0 Å². The first-order valence-corrected chi connectivity index (χ1v) is 6.68. The molecule has 0 saturated heterocycles. The number of carbonyl (C=O) groups is 1. The lowest BCUT2D eigenvalue weighted by molar-refractivity contribution is -0.380. The lowest BCUT2D eigenvalue weighted by Gasteiger charge is -2.03. The number of hydrogen-bond donors (Lipinski definition) is 0. The molecule has 8 heteroatoms. The molecule has 0 saturated carbocycles. The van der Waals surface area contributed by atoms with Crippen molar-refractivity contribution < 1.29 is 14.5 Å². The normalized spacial score (nSPS) is 10.2. The lowest BCUT2D eigenvalue weighted by Crippen LogP contribution is -2.03. The minimum absolute atomic E-state index is 0.0664. The zero-order valence-electron chi connectivity index (χ0n) is 9.41. The topological polar surface area (TPSA) is 82.3 Å². The average molecular weight is 343 g/mol. The van der Waals surface area contributed by atoms with E-state index in [1.165, 1.54) is 12.1 Å². The van der Waals surface area contributed by atoms with Crippen LogP contribution in [0, 0.1) is 10.1 Å². The molecule has 2 aromatic rings. The van der Waals surface area contributed by atoms with Crippen LogP contribution in [0.25, 0.3) is 0 Å². The predicted octanol–water partition coefficient (Wildman–Crippen LogP) is 3.17. The van der Waals surface area contributed by atoms with Crippen LogP contribution in [0.3, 0.4) is 0 Å². The highest BCUT2D eigenvalue weighted by atomic mass is 79.9. The van der Waals surface area contributed by atoms with Crippen LogP contribution in [0.15, 0.2) is 35.1 Å². The van der Waals surface area contributed by atoms with E-state index in [1.807, 2.05) is 0 Å². The van der Waals surface area contributed by atoms with Gasteiger partial charge in [-0.3, -0.25) is 15.1 Å². The number of esters is 1. The van der Waals surface area contributed by atoms with Crippen molar-refractivity contribution in [3.63, 3.8) is 0 Å². The van der Waals surface area contributed by atoms with Gasteiger partial charge >= 0.3 is 11.0 Å². The van der Waals surface area contributed by atoms with Crippen LogP contribution in [0.2, 0.25) is 0 Å². The molecule has 0 radical (unpaired) electrons. The monoisotopic (exact) mass is 342 g/mol. The number of nitro groups is 1. The summed E-state index contributed by atoms with van der Waals surface area (Å²) in [5.74, 6) is -0.585. The summed E-state index contributed by atoms with van der Waals surface area (Å²) in [6.07, 6.45) is 3.20. The third kappa shape index (κ3) is 3.58. The molecule has 2 aromatic heterocycles. The van der Waals surface area contributed by atoms with Crippen LogP contribution < -0.4 is 0 Å². The molecule has 0 spiro atoms. The lowest BCUT2D eigenvalue weighted by atomic mass is 10.3. The molecule has 0 atom stereocenters. The number of ether oxygens (including phenoxy) is 1. The molecular formula is C11H7BrN2O4S. The Balaban J connectivity index is 1.99. The summed E-state index contributed by atoms with van der Waals surface area (Å²) in [4.78, 5) is 25.8. The summed E-state index contributed by atoms with van der Waals surface area (Å²) in [5.41, 5.74) is 0.730. The van der Waals surface area contributed by atoms with Crippen molar-refractivity contribution in [2.45, 2.75) is 6.61 Å². The van der Waals surface area contributed by atoms with E-state index >= 15 is 0 Å². The highest BCUT2D eigenvalue weighted by Gasteiger charge is 2.16. The number of hydrogen-bond acceptors (Lipinski definition) is 6. The number of halogens is 1. The smallest absolute Gasteiger partial charge is 0.348 e. The van der Waals surface area contributed by atoms with E-state index < -0.39 is 10.9 Å². The van der Waals surface area contributed by atoms with Crippen LogP contribution in [0.5, 0.6) is 0 Å². The van der Waals surface area contributed by atoms with Crippen molar-refractivity contribution in [2.24, 2.45) is 0 Å². The van der Waals surface area contributed by atoms with Crippen molar-refractivity contribution >= 4 is 38.2 Å². The number of thiophene rings is 1. The molecule has 2 heterocycles. The van der Waals surface area contributed by atoms with E-state index in [1.54, 1.807) is 18.5 Å². The quantitative estimate of drug-likeness (QED) is 0.484. The maximum Gasteiger partial charge on any atom is 0.348 e. The van der Waals surface area contributed by atoms with Gasteiger partial charge in [0.05, 0.1) is 4.92 Å². The van der Waals surface area contributed by atoms with Gasteiger partial charge < -0.3 is 4.74 Å². The highest BCUT2D eigenvalue weighted by molar-refractivity contribution is 9.10. The van der Waals surface area contributed by atoms with E-state index in [0.717, 1.165) is 21.4 Å². The Morgan fingerprint density at radius 2 is 2.26 bits per heavy atom. The highest BCUT2D eigenvalue weighted by Crippen LogP contribution is 2.24. The third-order valence-corrected chi connectivity index (χ3v) is 3.56. The number of aromatic nitrogens is 1. The van der Waals surface area contributed by atoms with Crippen LogP contribution in [0.4, 0.5) is 5.00 Å². The van der Waals surface area contributed by atoms with E-state index in [9.17, 15) is 14.9 Å². The molecule has 0 N–H and O–H groups in total. The molecule has 0 fully saturated rings. The Morgan fingerprint density at radius 3 is 2.89 bits per heavy atom. The van der Waals surface area contributed by atoms with Gasteiger partial charge in [-0.1, -0.05) is 11.3 Å². The van der Waals surface area contributed by atoms with Crippen molar-refractivity contribution in [1.29, 1.82) is 0 Å². The zero-order chi connectivity index (χ0) is 13.8. The number of rotatable bonds is 4. The van der Waals surface area contributed by atoms with Gasteiger partial charge in [-0.25, -0.2) is 4.79 Å². The van der Waals surface area contributed by atoms with E-state index in [2.05, 4.69) is 20.9 Å². The second-order valence-corrected chi connectivity index (χ2v) is 5.46. The van der Waals surface area contributed by atoms with Crippen molar-refractivity contribution in [1.82, 2.24) is 4.98 Å². The van der Waals surface area contributed by atoms with Crippen molar-refractivity contribution in [3.8, 4) is 0 Å². The van der Waals surface area contributed by atoms with Crippen LogP contribution in [-0.2, 0) is 11.3 Å². The molecule has 0 unspecified atom stereocenters. The maximum atomic E-state index is 11.7. The van der Waals surface area contributed by atoms with Gasteiger partial charge in [0.2, 0.25) is 0 Å². The van der Waals surface area contributed by atoms with Crippen LogP contribution in [-0.4, -0.2) is 15.9 Å². The second kappa shape index (κ2) is 5.89. The molecule has 0 aliphatic rings. The molecule has 0 aromatic carbocycles. The van der Waals surface area contributed by atoms with E-state index in [-0.39, 0.29) is 16.5 Å². The molecule has 0 aliphatic heterocycles. The van der Waals surface area contributed by atoms with Crippen molar-refractivity contribution in [2.75, 3.05) is 0 Å². The minimum atomic E-state index is -0.585. The maximum absolute atomic E-state index is 11.7. The van der Waals surface area contributed by atoms with Gasteiger partial charge in [-0.15, -0.1) is 0 Å². The standard InChI is InChI=1S/C11H7BrN2O4S/c12-8-3-7(4-13-5-8)6-18-11(15)9-1-2-10(19-9)14(16)17/h1-5H,6H2. The van der Waals surface area contributed by atoms with Crippen LogP contribution in [0.1, 0.15) is 15.2 Å². The molecule has 98 valence electrons. The predicted molar refractivity (Wildman–Crippen MR) is 72.0 cm³/mol. The number of pyridine rings is 1. The fraction of sp³-hybridized carbons (Fsp3) is 0.0909. The molecule has 2 rings (SSSR count). The van der Waals surface area contributed by atoms with E-state index in [0.29, 0.717) is 0 Å². The second-order valence-electron chi connectivity index (χ2n) is 3.48. The molecule has 0 aliphatic carbocycles. The van der Waals surface area contributed by atoms with Gasteiger partial charge in [-0.2, -0.15) is 0 Å². The summed E-state index contributed by atoms with van der Waals surface area (Å²) < 4.78 is 5.84. The largest absolute Gasteiger partial charge is 0.457 e. The van der Waals surface area contributed by atoms with Crippen LogP contribution >= 0.6 is 27.3 Å². The van der Waals surface area contributed by atoms with E-state index in [4.69, 9.17) is 4.74 Å². The van der Waals surface area contributed by atoms with Gasteiger partial charge in [0.1, 0.15) is 11.5 Å². The van der Waals surface area contributed by atoms with Crippen molar-refractivity contribution in [3.05, 3.63) is 55.6 Å². The zero-order valence-corrected chi connectivity index (χ0v) is 11.8. The summed E-state index contributed by atoms with van der Waals surface area (Å²) in [6, 6.07) is 4.43. The Hall–Kier alpha value is -1.80. The first-order valence-electron chi connectivity index (χ1n) is 5.07. The fourth-order valence-corrected chi connectivity index (χ4v) is 2.42. The summed E-state index contributed by atoms with van der Waals surface area (Å²) in [5, 5.41) is 10.4. The molecule has 0 bridgehead atoms. The molecule has 6 nitrogen and oxygen atoms in total. The Labute approximate surface area is 120 Å². The third-order valence-electron chi connectivity index (χ3n) is 2.10. The first-order chi connectivity index (χ1) is 9.06. The first kappa shape index (κ1) is 13.6.